The molecule has 0 spiro atoms. The van der Waals surface area contributed by atoms with Crippen molar-refractivity contribution in [3.05, 3.63) is 71.4 Å². The number of carbonyl (C=O) groups is 1. The second-order valence-electron chi connectivity index (χ2n) is 6.99. The second-order valence-corrected chi connectivity index (χ2v) is 6.99. The van der Waals surface area contributed by atoms with Crippen molar-refractivity contribution in [1.82, 2.24) is 4.57 Å². The minimum absolute atomic E-state index is 0.411. The van der Waals surface area contributed by atoms with E-state index in [4.69, 9.17) is 15.2 Å². The van der Waals surface area contributed by atoms with E-state index in [1.165, 1.54) is 5.56 Å². The first-order valence-electron chi connectivity index (χ1n) is 9.57. The molecule has 144 valence electrons. The van der Waals surface area contributed by atoms with Gasteiger partial charge in [-0.1, -0.05) is 30.3 Å². The second kappa shape index (κ2) is 7.80. The van der Waals surface area contributed by atoms with Crippen LogP contribution in [0.5, 0.6) is 11.5 Å². The Morgan fingerprint density at radius 1 is 1.04 bits per heavy atom. The van der Waals surface area contributed by atoms with Crippen LogP contribution < -0.4 is 15.2 Å². The van der Waals surface area contributed by atoms with Gasteiger partial charge in [0.2, 0.25) is 0 Å². The molecule has 0 radical (unpaired) electrons. The van der Waals surface area contributed by atoms with Gasteiger partial charge in [0.05, 0.1) is 18.8 Å². The molecule has 2 N–H and O–H groups in total. The SMILES string of the molecule is Cc1c(C(N)=O)cc(-c2ccc3c(c2)OCCCO3)n1CCc1ccccc1. The monoisotopic (exact) mass is 376 g/mol. The normalized spacial score (nSPS) is 13.2. The van der Waals surface area contributed by atoms with Crippen molar-refractivity contribution in [2.24, 2.45) is 5.73 Å². The maximum atomic E-state index is 11.9. The van der Waals surface area contributed by atoms with Crippen LogP contribution in [-0.4, -0.2) is 23.7 Å². The van der Waals surface area contributed by atoms with Gasteiger partial charge in [0.1, 0.15) is 0 Å². The molecular weight excluding hydrogens is 352 g/mol. The smallest absolute Gasteiger partial charge is 0.250 e. The predicted octanol–water partition coefficient (Wildman–Crippen LogP) is 3.97. The van der Waals surface area contributed by atoms with E-state index in [1.807, 2.05) is 49.4 Å². The van der Waals surface area contributed by atoms with Crippen LogP contribution in [0.4, 0.5) is 0 Å². The number of amides is 1. The lowest BCUT2D eigenvalue weighted by molar-refractivity contribution is 0.0999. The van der Waals surface area contributed by atoms with Crippen LogP contribution in [0, 0.1) is 6.92 Å². The molecule has 0 fully saturated rings. The fourth-order valence-corrected chi connectivity index (χ4v) is 3.63. The van der Waals surface area contributed by atoms with E-state index < -0.39 is 5.91 Å². The van der Waals surface area contributed by atoms with Crippen molar-refractivity contribution in [3.63, 3.8) is 0 Å². The Bertz CT molecular complexity index is 993. The molecule has 2 aromatic carbocycles. The van der Waals surface area contributed by atoms with Crippen molar-refractivity contribution in [2.45, 2.75) is 26.3 Å². The highest BCUT2D eigenvalue weighted by Crippen LogP contribution is 2.35. The number of carbonyl (C=O) groups excluding carboxylic acids is 1. The molecule has 1 aliphatic heterocycles. The summed E-state index contributed by atoms with van der Waals surface area (Å²) in [5.74, 6) is 1.09. The summed E-state index contributed by atoms with van der Waals surface area (Å²) in [6.45, 7) is 3.99. The molecular formula is C23H24N2O3. The first kappa shape index (κ1) is 18.2. The molecule has 1 aromatic heterocycles. The van der Waals surface area contributed by atoms with Gasteiger partial charge < -0.3 is 19.8 Å². The summed E-state index contributed by atoms with van der Waals surface area (Å²) in [6.07, 6.45) is 1.73. The summed E-state index contributed by atoms with van der Waals surface area (Å²) in [6, 6.07) is 18.1. The zero-order valence-electron chi connectivity index (χ0n) is 16.0. The fraction of sp³-hybridized carbons (Fsp3) is 0.261. The van der Waals surface area contributed by atoms with Crippen molar-refractivity contribution >= 4 is 5.91 Å². The highest BCUT2D eigenvalue weighted by atomic mass is 16.5. The van der Waals surface area contributed by atoms with E-state index in [0.717, 1.165) is 47.8 Å². The van der Waals surface area contributed by atoms with Gasteiger partial charge in [-0.25, -0.2) is 0 Å². The molecule has 0 atom stereocenters. The number of primary amides is 1. The average molecular weight is 376 g/mol. The summed E-state index contributed by atoms with van der Waals surface area (Å²) < 4.78 is 13.7. The number of ether oxygens (including phenoxy) is 2. The molecule has 4 rings (SSSR count). The third-order valence-electron chi connectivity index (χ3n) is 5.14. The summed E-state index contributed by atoms with van der Waals surface area (Å²) >= 11 is 0. The molecule has 28 heavy (non-hydrogen) atoms. The molecule has 0 saturated carbocycles. The van der Waals surface area contributed by atoms with Crippen LogP contribution in [0.2, 0.25) is 0 Å². The number of rotatable bonds is 5. The summed E-state index contributed by atoms with van der Waals surface area (Å²) in [4.78, 5) is 11.9. The Hall–Kier alpha value is -3.21. The quantitative estimate of drug-likeness (QED) is 0.733. The molecule has 5 heteroatoms. The molecule has 3 aromatic rings. The Morgan fingerprint density at radius 2 is 1.79 bits per heavy atom. The average Bonchev–Trinajstić information content (AvgIpc) is 2.88. The Labute approximate surface area is 164 Å². The number of aromatic nitrogens is 1. The Kier molecular flexibility index (Phi) is 5.06. The lowest BCUT2D eigenvalue weighted by Crippen LogP contribution is -2.13. The molecule has 0 bridgehead atoms. The van der Waals surface area contributed by atoms with Crippen molar-refractivity contribution < 1.29 is 14.3 Å². The van der Waals surface area contributed by atoms with Gasteiger partial charge in [-0.3, -0.25) is 4.79 Å². The van der Waals surface area contributed by atoms with E-state index in [9.17, 15) is 4.79 Å². The van der Waals surface area contributed by atoms with Gasteiger partial charge in [-0.2, -0.15) is 0 Å². The van der Waals surface area contributed by atoms with E-state index >= 15 is 0 Å². The van der Waals surface area contributed by atoms with Gasteiger partial charge >= 0.3 is 0 Å². The summed E-state index contributed by atoms with van der Waals surface area (Å²) in [5.41, 5.74) is 10.2. The number of hydrogen-bond acceptors (Lipinski definition) is 3. The number of hydrogen-bond donors (Lipinski definition) is 1. The van der Waals surface area contributed by atoms with Crippen molar-refractivity contribution in [3.8, 4) is 22.8 Å². The largest absolute Gasteiger partial charge is 0.490 e. The summed E-state index contributed by atoms with van der Waals surface area (Å²) in [5, 5.41) is 0. The number of nitrogens with two attached hydrogens (primary N) is 1. The molecule has 0 aliphatic carbocycles. The molecule has 5 nitrogen and oxygen atoms in total. The first-order valence-corrected chi connectivity index (χ1v) is 9.57. The lowest BCUT2D eigenvalue weighted by atomic mass is 10.1. The van der Waals surface area contributed by atoms with Crippen molar-refractivity contribution in [2.75, 3.05) is 13.2 Å². The zero-order valence-corrected chi connectivity index (χ0v) is 16.0. The van der Waals surface area contributed by atoms with Gasteiger partial charge in [0, 0.05) is 29.9 Å². The maximum Gasteiger partial charge on any atom is 0.250 e. The fourth-order valence-electron chi connectivity index (χ4n) is 3.63. The highest BCUT2D eigenvalue weighted by Gasteiger charge is 2.19. The summed E-state index contributed by atoms with van der Waals surface area (Å²) in [7, 11) is 0. The molecule has 1 aliphatic rings. The minimum Gasteiger partial charge on any atom is -0.490 e. The van der Waals surface area contributed by atoms with Crippen LogP contribution in [0.1, 0.15) is 28.0 Å². The van der Waals surface area contributed by atoms with Gasteiger partial charge in [-0.05, 0) is 43.2 Å². The van der Waals surface area contributed by atoms with Gasteiger partial charge in [0.25, 0.3) is 5.91 Å². The zero-order chi connectivity index (χ0) is 19.5. The number of fused-ring (bicyclic) bond motifs is 1. The minimum atomic E-state index is -0.411. The molecule has 2 heterocycles. The maximum absolute atomic E-state index is 11.9. The lowest BCUT2D eigenvalue weighted by Gasteiger charge is -2.14. The Balaban J connectivity index is 1.72. The standard InChI is InChI=1S/C23H24N2O3/c1-16-19(23(24)26)15-20(25(16)11-10-17-6-3-2-4-7-17)18-8-9-21-22(14-18)28-13-5-12-27-21/h2-4,6-9,14-15H,5,10-13H2,1H3,(H2,24,26). The van der Waals surface area contributed by atoms with E-state index in [0.29, 0.717) is 18.8 Å². The van der Waals surface area contributed by atoms with Crippen LogP contribution in [0.3, 0.4) is 0 Å². The van der Waals surface area contributed by atoms with E-state index in [1.54, 1.807) is 0 Å². The molecule has 0 unspecified atom stereocenters. The topological polar surface area (TPSA) is 66.5 Å². The van der Waals surface area contributed by atoms with Gasteiger partial charge in [-0.15, -0.1) is 0 Å². The third kappa shape index (κ3) is 3.60. The third-order valence-corrected chi connectivity index (χ3v) is 5.14. The molecule has 0 saturated heterocycles. The molecule has 1 amide bonds. The van der Waals surface area contributed by atoms with E-state index in [-0.39, 0.29) is 0 Å². The number of aryl methyl sites for hydroxylation is 1. The first-order chi connectivity index (χ1) is 13.6. The predicted molar refractivity (Wildman–Crippen MR) is 109 cm³/mol. The van der Waals surface area contributed by atoms with Crippen LogP contribution >= 0.6 is 0 Å². The van der Waals surface area contributed by atoms with Crippen LogP contribution in [0.15, 0.2) is 54.6 Å². The highest BCUT2D eigenvalue weighted by molar-refractivity contribution is 5.95. The Morgan fingerprint density at radius 3 is 2.54 bits per heavy atom. The van der Waals surface area contributed by atoms with Crippen LogP contribution in [0.25, 0.3) is 11.3 Å². The van der Waals surface area contributed by atoms with Gasteiger partial charge in [0.15, 0.2) is 11.5 Å². The van der Waals surface area contributed by atoms with Crippen LogP contribution in [-0.2, 0) is 13.0 Å². The van der Waals surface area contributed by atoms with E-state index in [2.05, 4.69) is 16.7 Å². The van der Waals surface area contributed by atoms with Crippen molar-refractivity contribution in [1.29, 1.82) is 0 Å². The number of benzene rings is 2. The number of nitrogens with zero attached hydrogens (tertiary/aromatic N) is 1.